The third kappa shape index (κ3) is 3.33. The van der Waals surface area contributed by atoms with Gasteiger partial charge in [0.1, 0.15) is 18.0 Å². The van der Waals surface area contributed by atoms with Gasteiger partial charge in [-0.1, -0.05) is 5.16 Å². The number of hydrogen-bond acceptors (Lipinski definition) is 8. The highest BCUT2D eigenvalue weighted by Gasteiger charge is 2.27. The van der Waals surface area contributed by atoms with Crippen LogP contribution in [0.15, 0.2) is 16.9 Å². The van der Waals surface area contributed by atoms with Crippen molar-refractivity contribution in [1.82, 2.24) is 20.1 Å². The van der Waals surface area contributed by atoms with Crippen molar-refractivity contribution < 1.29 is 4.52 Å². The zero-order valence-electron chi connectivity index (χ0n) is 13.9. The number of anilines is 2. The SMILES string of the molecule is Cc1noc(C2CCCN(c3cc(N4CCSCC4)ncn3)C2)n1. The smallest absolute Gasteiger partial charge is 0.231 e. The molecule has 2 aromatic rings. The van der Waals surface area contributed by atoms with E-state index in [0.29, 0.717) is 5.82 Å². The molecule has 2 fully saturated rings. The van der Waals surface area contributed by atoms with Crippen molar-refractivity contribution in [2.75, 3.05) is 47.5 Å². The summed E-state index contributed by atoms with van der Waals surface area (Å²) in [6.45, 7) is 5.86. The molecule has 128 valence electrons. The van der Waals surface area contributed by atoms with Gasteiger partial charge in [-0.3, -0.25) is 0 Å². The highest BCUT2D eigenvalue weighted by atomic mass is 32.2. The maximum absolute atomic E-state index is 5.38. The van der Waals surface area contributed by atoms with E-state index in [1.54, 1.807) is 6.33 Å². The Morgan fingerprint density at radius 1 is 1.12 bits per heavy atom. The second-order valence-electron chi connectivity index (χ2n) is 6.30. The van der Waals surface area contributed by atoms with Crippen LogP contribution in [0.25, 0.3) is 0 Å². The summed E-state index contributed by atoms with van der Waals surface area (Å²) in [4.78, 5) is 18.1. The van der Waals surface area contributed by atoms with E-state index >= 15 is 0 Å². The summed E-state index contributed by atoms with van der Waals surface area (Å²) in [5.74, 6) is 6.11. The van der Waals surface area contributed by atoms with Crippen LogP contribution in [0.1, 0.15) is 30.5 Å². The quantitative estimate of drug-likeness (QED) is 0.837. The van der Waals surface area contributed by atoms with Gasteiger partial charge in [-0.25, -0.2) is 9.97 Å². The molecule has 7 nitrogen and oxygen atoms in total. The Morgan fingerprint density at radius 2 is 1.92 bits per heavy atom. The maximum atomic E-state index is 5.38. The molecule has 2 saturated heterocycles. The molecule has 1 unspecified atom stereocenters. The first-order valence-corrected chi connectivity index (χ1v) is 9.65. The average molecular weight is 346 g/mol. The summed E-state index contributed by atoms with van der Waals surface area (Å²) in [6, 6.07) is 2.12. The molecule has 2 aliphatic heterocycles. The Balaban J connectivity index is 1.50. The summed E-state index contributed by atoms with van der Waals surface area (Å²) in [7, 11) is 0. The summed E-state index contributed by atoms with van der Waals surface area (Å²) in [5.41, 5.74) is 0. The molecule has 8 heteroatoms. The lowest BCUT2D eigenvalue weighted by molar-refractivity contribution is 0.331. The number of aryl methyl sites for hydroxylation is 1. The molecule has 4 rings (SSSR count). The van der Waals surface area contributed by atoms with E-state index in [-0.39, 0.29) is 5.92 Å². The number of nitrogens with zero attached hydrogens (tertiary/aromatic N) is 6. The number of thioether (sulfide) groups is 1. The van der Waals surface area contributed by atoms with Crippen LogP contribution in [-0.2, 0) is 0 Å². The molecule has 0 aliphatic carbocycles. The monoisotopic (exact) mass is 346 g/mol. The molecule has 0 amide bonds. The van der Waals surface area contributed by atoms with Crippen LogP contribution >= 0.6 is 11.8 Å². The fourth-order valence-corrected chi connectivity index (χ4v) is 4.24. The van der Waals surface area contributed by atoms with Gasteiger partial charge >= 0.3 is 0 Å². The minimum absolute atomic E-state index is 0.282. The van der Waals surface area contributed by atoms with Gasteiger partial charge in [0.15, 0.2) is 5.82 Å². The van der Waals surface area contributed by atoms with E-state index in [2.05, 4.69) is 36.0 Å². The second-order valence-corrected chi connectivity index (χ2v) is 7.52. The Morgan fingerprint density at radius 3 is 2.67 bits per heavy atom. The van der Waals surface area contributed by atoms with Gasteiger partial charge < -0.3 is 14.3 Å². The van der Waals surface area contributed by atoms with Crippen LogP contribution in [0.2, 0.25) is 0 Å². The van der Waals surface area contributed by atoms with Gasteiger partial charge in [0, 0.05) is 43.8 Å². The van der Waals surface area contributed by atoms with Crippen molar-refractivity contribution in [1.29, 1.82) is 0 Å². The normalized spacial score (nSPS) is 22.0. The van der Waals surface area contributed by atoms with E-state index in [1.807, 2.05) is 18.7 Å². The summed E-state index contributed by atoms with van der Waals surface area (Å²) >= 11 is 2.01. The molecule has 1 atom stereocenters. The Bertz CT molecular complexity index is 687. The molecule has 2 aliphatic rings. The van der Waals surface area contributed by atoms with Gasteiger partial charge in [0.25, 0.3) is 0 Å². The molecule has 0 saturated carbocycles. The van der Waals surface area contributed by atoms with Crippen molar-refractivity contribution in [3.63, 3.8) is 0 Å². The predicted octanol–water partition coefficient (Wildman–Crippen LogP) is 2.11. The molecule has 0 spiro atoms. The zero-order chi connectivity index (χ0) is 16.4. The molecular weight excluding hydrogens is 324 g/mol. The Hall–Kier alpha value is -1.83. The Kier molecular flexibility index (Phi) is 4.55. The minimum Gasteiger partial charge on any atom is -0.356 e. The van der Waals surface area contributed by atoms with Crippen molar-refractivity contribution in [2.45, 2.75) is 25.7 Å². The van der Waals surface area contributed by atoms with Crippen LogP contribution in [0.5, 0.6) is 0 Å². The first-order chi connectivity index (χ1) is 11.8. The first-order valence-electron chi connectivity index (χ1n) is 8.49. The van der Waals surface area contributed by atoms with Gasteiger partial charge in [-0.15, -0.1) is 0 Å². The number of rotatable bonds is 3. The van der Waals surface area contributed by atoms with E-state index < -0.39 is 0 Å². The molecule has 2 aromatic heterocycles. The summed E-state index contributed by atoms with van der Waals surface area (Å²) in [6.07, 6.45) is 3.87. The van der Waals surface area contributed by atoms with Crippen LogP contribution in [-0.4, -0.2) is 57.8 Å². The van der Waals surface area contributed by atoms with Crippen LogP contribution < -0.4 is 9.80 Å². The maximum Gasteiger partial charge on any atom is 0.231 e. The number of hydrogen-bond donors (Lipinski definition) is 0. The van der Waals surface area contributed by atoms with Crippen molar-refractivity contribution in [2.24, 2.45) is 0 Å². The standard InChI is InChI=1S/C16H22N6OS/c1-12-19-16(23-20-12)13-3-2-4-22(10-13)15-9-14(17-11-18-15)21-5-7-24-8-6-21/h9,11,13H,2-8,10H2,1H3. The summed E-state index contributed by atoms with van der Waals surface area (Å²) < 4.78 is 5.38. The van der Waals surface area contributed by atoms with Crippen molar-refractivity contribution >= 4 is 23.4 Å². The lowest BCUT2D eigenvalue weighted by Gasteiger charge is -2.33. The zero-order valence-corrected chi connectivity index (χ0v) is 14.7. The van der Waals surface area contributed by atoms with E-state index in [9.17, 15) is 0 Å². The highest BCUT2D eigenvalue weighted by Crippen LogP contribution is 2.29. The number of aromatic nitrogens is 4. The van der Waals surface area contributed by atoms with E-state index in [4.69, 9.17) is 4.52 Å². The minimum atomic E-state index is 0.282. The fourth-order valence-electron chi connectivity index (χ4n) is 3.34. The molecule has 0 aromatic carbocycles. The van der Waals surface area contributed by atoms with Gasteiger partial charge in [0.2, 0.25) is 5.89 Å². The molecule has 0 radical (unpaired) electrons. The average Bonchev–Trinajstić information content (AvgIpc) is 3.09. The van der Waals surface area contributed by atoms with Crippen LogP contribution in [0, 0.1) is 6.92 Å². The molecule has 0 N–H and O–H groups in total. The number of piperidine rings is 1. The third-order valence-electron chi connectivity index (χ3n) is 4.61. The van der Waals surface area contributed by atoms with Crippen LogP contribution in [0.4, 0.5) is 11.6 Å². The first kappa shape index (κ1) is 15.7. The van der Waals surface area contributed by atoms with Crippen molar-refractivity contribution in [3.05, 3.63) is 24.1 Å². The van der Waals surface area contributed by atoms with Gasteiger partial charge in [-0.05, 0) is 19.8 Å². The van der Waals surface area contributed by atoms with E-state index in [0.717, 1.165) is 56.5 Å². The third-order valence-corrected chi connectivity index (χ3v) is 5.55. The highest BCUT2D eigenvalue weighted by molar-refractivity contribution is 7.99. The largest absolute Gasteiger partial charge is 0.356 e. The fraction of sp³-hybridized carbons (Fsp3) is 0.625. The lowest BCUT2D eigenvalue weighted by atomic mass is 9.98. The van der Waals surface area contributed by atoms with Crippen LogP contribution in [0.3, 0.4) is 0 Å². The molecule has 0 bridgehead atoms. The molecular formula is C16H22N6OS. The van der Waals surface area contributed by atoms with Gasteiger partial charge in [0.05, 0.1) is 5.92 Å². The molecule has 24 heavy (non-hydrogen) atoms. The topological polar surface area (TPSA) is 71.2 Å². The summed E-state index contributed by atoms with van der Waals surface area (Å²) in [5, 5.41) is 3.93. The lowest BCUT2D eigenvalue weighted by Crippen LogP contribution is -2.36. The molecule has 4 heterocycles. The predicted molar refractivity (Wildman–Crippen MR) is 94.8 cm³/mol. The second kappa shape index (κ2) is 6.96. The van der Waals surface area contributed by atoms with E-state index in [1.165, 1.54) is 11.5 Å². The van der Waals surface area contributed by atoms with Crippen molar-refractivity contribution in [3.8, 4) is 0 Å². The Labute approximate surface area is 145 Å². The van der Waals surface area contributed by atoms with Gasteiger partial charge in [-0.2, -0.15) is 16.7 Å².